The van der Waals surface area contributed by atoms with E-state index in [-0.39, 0.29) is 18.7 Å². The van der Waals surface area contributed by atoms with Gasteiger partial charge in [-0.3, -0.25) is 4.79 Å². The number of anilines is 1. The molecule has 1 fully saturated rings. The lowest BCUT2D eigenvalue weighted by atomic mass is 10.0. The minimum Gasteiger partial charge on any atom is -0.399 e. The lowest BCUT2D eigenvalue weighted by molar-refractivity contribution is -0.284. The number of halogens is 3. The summed E-state index contributed by atoms with van der Waals surface area (Å²) >= 11 is 0. The third-order valence-electron chi connectivity index (χ3n) is 3.94. The van der Waals surface area contributed by atoms with Gasteiger partial charge in [-0.1, -0.05) is 0 Å². The van der Waals surface area contributed by atoms with E-state index in [1.807, 2.05) is 0 Å². The smallest absolute Gasteiger partial charge is 0.399 e. The molecule has 0 radical (unpaired) electrons. The highest BCUT2D eigenvalue weighted by atomic mass is 19.4. The maximum Gasteiger partial charge on any atom is 0.418 e. The Morgan fingerprint density at radius 3 is 2.91 bits per heavy atom. The first-order valence-corrected chi connectivity index (χ1v) is 6.94. The molecule has 0 bridgehead atoms. The number of alkyl halides is 3. The van der Waals surface area contributed by atoms with Gasteiger partial charge in [0.2, 0.25) is 0 Å². The number of fused-ring (bicyclic) bond motifs is 1. The molecule has 1 aliphatic heterocycles. The van der Waals surface area contributed by atoms with Crippen LogP contribution in [0.4, 0.5) is 18.9 Å². The molecule has 9 heteroatoms. The Labute approximate surface area is 129 Å². The van der Waals surface area contributed by atoms with Crippen molar-refractivity contribution in [1.29, 1.82) is 0 Å². The van der Waals surface area contributed by atoms with Crippen LogP contribution in [0, 0.1) is 0 Å². The van der Waals surface area contributed by atoms with Crippen LogP contribution in [0.3, 0.4) is 0 Å². The molecule has 2 aromatic rings. The molecule has 1 saturated heterocycles. The molecule has 0 unspecified atom stereocenters. The summed E-state index contributed by atoms with van der Waals surface area (Å²) in [7, 11) is 0. The Balaban J connectivity index is 1.92. The van der Waals surface area contributed by atoms with Gasteiger partial charge in [0.1, 0.15) is 0 Å². The Morgan fingerprint density at radius 1 is 1.48 bits per heavy atom. The first-order valence-electron chi connectivity index (χ1n) is 6.94. The third-order valence-corrected chi connectivity index (χ3v) is 3.94. The predicted molar refractivity (Wildman–Crippen MR) is 75.9 cm³/mol. The second kappa shape index (κ2) is 5.12. The molecular weight excluding hydrogens is 313 g/mol. The molecule has 2 aromatic heterocycles. The van der Waals surface area contributed by atoms with Crippen molar-refractivity contribution in [3.63, 3.8) is 0 Å². The number of aromatic nitrogens is 2. The highest BCUT2D eigenvalue weighted by Crippen LogP contribution is 2.36. The number of nitrogens with two attached hydrogens (primary N) is 1. The van der Waals surface area contributed by atoms with Crippen LogP contribution >= 0.6 is 0 Å². The van der Waals surface area contributed by atoms with Crippen LogP contribution in [0.5, 0.6) is 0 Å². The molecule has 3 heterocycles. The van der Waals surface area contributed by atoms with E-state index in [2.05, 4.69) is 5.10 Å². The number of rotatable bonds is 1. The summed E-state index contributed by atoms with van der Waals surface area (Å²) in [5.74, 6) is -0.524. The lowest BCUT2D eigenvalue weighted by Crippen LogP contribution is -2.59. The fourth-order valence-electron chi connectivity index (χ4n) is 2.55. The zero-order valence-electron chi connectivity index (χ0n) is 12.3. The zero-order chi connectivity index (χ0) is 16.8. The molecule has 0 aromatic carbocycles. The highest BCUT2D eigenvalue weighted by Gasteiger charge is 2.55. The standard InChI is InChI=1S/C14H15F3N4O2/c1-13(14(15,16)17)8-20(4-5-23-13)12(22)10-7-19-21-3-2-9(18)6-11(10)21/h2-3,6-7H,4-5,8,18H2,1H3/t13-/m0/s1. The van der Waals surface area contributed by atoms with Crippen LogP contribution in [0.15, 0.2) is 24.5 Å². The van der Waals surface area contributed by atoms with Gasteiger partial charge in [-0.15, -0.1) is 0 Å². The second-order valence-electron chi connectivity index (χ2n) is 5.65. The Morgan fingerprint density at radius 2 is 2.22 bits per heavy atom. The molecule has 3 rings (SSSR count). The summed E-state index contributed by atoms with van der Waals surface area (Å²) in [6.07, 6.45) is -1.64. The Hall–Kier alpha value is -2.29. The number of morpholine rings is 1. The molecule has 1 aliphatic rings. The largest absolute Gasteiger partial charge is 0.418 e. The van der Waals surface area contributed by atoms with Crippen molar-refractivity contribution in [3.8, 4) is 0 Å². The maximum atomic E-state index is 13.1. The minimum absolute atomic E-state index is 0.0875. The SMILES string of the molecule is C[C@@]1(C(F)(F)F)CN(C(=O)c2cnn3ccc(N)cc23)CCO1. The quantitative estimate of drug-likeness (QED) is 0.865. The fourth-order valence-corrected chi connectivity index (χ4v) is 2.55. The van der Waals surface area contributed by atoms with Crippen LogP contribution < -0.4 is 5.73 Å². The van der Waals surface area contributed by atoms with Gasteiger partial charge < -0.3 is 15.4 Å². The van der Waals surface area contributed by atoms with Crippen molar-refractivity contribution in [3.05, 3.63) is 30.1 Å². The van der Waals surface area contributed by atoms with Gasteiger partial charge in [-0.25, -0.2) is 4.52 Å². The number of nitrogen functional groups attached to an aromatic ring is 1. The molecule has 0 aliphatic carbocycles. The van der Waals surface area contributed by atoms with E-state index in [1.54, 1.807) is 18.3 Å². The van der Waals surface area contributed by atoms with Crippen molar-refractivity contribution in [2.45, 2.75) is 18.7 Å². The van der Waals surface area contributed by atoms with Crippen LogP contribution in [0.2, 0.25) is 0 Å². The average Bonchev–Trinajstić information content (AvgIpc) is 2.88. The van der Waals surface area contributed by atoms with Crippen molar-refractivity contribution in [2.75, 3.05) is 25.4 Å². The molecule has 2 N–H and O–H groups in total. The van der Waals surface area contributed by atoms with Gasteiger partial charge in [-0.2, -0.15) is 18.3 Å². The molecule has 6 nitrogen and oxygen atoms in total. The topological polar surface area (TPSA) is 72.9 Å². The number of ether oxygens (including phenoxy) is 1. The zero-order valence-corrected chi connectivity index (χ0v) is 12.3. The number of hydrogen-bond donors (Lipinski definition) is 1. The highest BCUT2D eigenvalue weighted by molar-refractivity contribution is 6.01. The molecular formula is C14H15F3N4O2. The average molecular weight is 328 g/mol. The number of carbonyl (C=O) groups excluding carboxylic acids is 1. The second-order valence-corrected chi connectivity index (χ2v) is 5.65. The lowest BCUT2D eigenvalue weighted by Gasteiger charge is -2.41. The number of amides is 1. The summed E-state index contributed by atoms with van der Waals surface area (Å²) in [6.45, 7) is 0.294. The molecule has 0 spiro atoms. The summed E-state index contributed by atoms with van der Waals surface area (Å²) in [4.78, 5) is 13.7. The van der Waals surface area contributed by atoms with Gasteiger partial charge >= 0.3 is 6.18 Å². The minimum atomic E-state index is -4.56. The summed E-state index contributed by atoms with van der Waals surface area (Å²) < 4.78 is 45.7. The van der Waals surface area contributed by atoms with Crippen molar-refractivity contribution >= 4 is 17.1 Å². The number of carbonyl (C=O) groups is 1. The van der Waals surface area contributed by atoms with Crippen LogP contribution in [-0.2, 0) is 4.74 Å². The van der Waals surface area contributed by atoms with Gasteiger partial charge in [0.15, 0.2) is 5.60 Å². The Kier molecular flexibility index (Phi) is 3.47. The maximum absolute atomic E-state index is 13.1. The normalized spacial score (nSPS) is 22.5. The van der Waals surface area contributed by atoms with E-state index >= 15 is 0 Å². The van der Waals surface area contributed by atoms with Crippen LogP contribution in [-0.4, -0.2) is 51.9 Å². The van der Waals surface area contributed by atoms with Gasteiger partial charge in [0.25, 0.3) is 5.91 Å². The summed E-state index contributed by atoms with van der Waals surface area (Å²) in [6, 6.07) is 3.17. The van der Waals surface area contributed by atoms with Gasteiger partial charge in [0, 0.05) is 18.4 Å². The van der Waals surface area contributed by atoms with E-state index < -0.39 is 24.2 Å². The molecule has 23 heavy (non-hydrogen) atoms. The van der Waals surface area contributed by atoms with Gasteiger partial charge in [0.05, 0.1) is 30.4 Å². The van der Waals surface area contributed by atoms with Crippen LogP contribution in [0.25, 0.3) is 5.52 Å². The van der Waals surface area contributed by atoms with E-state index in [9.17, 15) is 18.0 Å². The first kappa shape index (κ1) is 15.6. The molecule has 0 saturated carbocycles. The van der Waals surface area contributed by atoms with Crippen molar-refractivity contribution in [2.24, 2.45) is 0 Å². The predicted octanol–water partition coefficient (Wildman–Crippen LogP) is 1.71. The van der Waals surface area contributed by atoms with Gasteiger partial charge in [-0.05, 0) is 19.1 Å². The molecule has 124 valence electrons. The monoisotopic (exact) mass is 328 g/mol. The van der Waals surface area contributed by atoms with Crippen molar-refractivity contribution in [1.82, 2.24) is 14.5 Å². The van der Waals surface area contributed by atoms with E-state index in [0.29, 0.717) is 11.2 Å². The van der Waals surface area contributed by atoms with E-state index in [1.165, 1.54) is 10.7 Å². The summed E-state index contributed by atoms with van der Waals surface area (Å²) in [5, 5.41) is 4.02. The number of pyridine rings is 1. The Bertz CT molecular complexity index is 758. The van der Waals surface area contributed by atoms with Crippen molar-refractivity contribution < 1.29 is 22.7 Å². The van der Waals surface area contributed by atoms with E-state index in [0.717, 1.165) is 11.8 Å². The fraction of sp³-hybridized carbons (Fsp3) is 0.429. The van der Waals surface area contributed by atoms with E-state index in [4.69, 9.17) is 10.5 Å². The van der Waals surface area contributed by atoms with Crippen LogP contribution in [0.1, 0.15) is 17.3 Å². The molecule has 1 atom stereocenters. The summed E-state index contributed by atoms with van der Waals surface area (Å²) in [5.41, 5.74) is 4.43. The first-order chi connectivity index (χ1) is 10.7. The molecule has 1 amide bonds. The number of nitrogens with zero attached hydrogens (tertiary/aromatic N) is 3. The third kappa shape index (κ3) is 2.61. The number of hydrogen-bond acceptors (Lipinski definition) is 4.